The topological polar surface area (TPSA) is 32.7 Å². The zero-order valence-corrected chi connectivity index (χ0v) is 9.15. The Bertz CT molecular complexity index is 169. The molecule has 0 spiro atoms. The van der Waals surface area contributed by atoms with Gasteiger partial charge in [0.15, 0.2) is 0 Å². The summed E-state index contributed by atoms with van der Waals surface area (Å²) in [5.41, 5.74) is 0. The lowest BCUT2D eigenvalue weighted by atomic mass is 10.3. The SMILES string of the molecule is C=C/C=C/CN(CC)C[C@@H](O)COC. The molecule has 0 fully saturated rings. The van der Waals surface area contributed by atoms with E-state index in [2.05, 4.69) is 18.4 Å². The van der Waals surface area contributed by atoms with Crippen LogP contribution in [0.15, 0.2) is 24.8 Å². The van der Waals surface area contributed by atoms with Gasteiger partial charge in [0.05, 0.1) is 12.7 Å². The van der Waals surface area contributed by atoms with Crippen LogP contribution in [0, 0.1) is 0 Å². The molecule has 0 aromatic heterocycles. The van der Waals surface area contributed by atoms with E-state index in [1.54, 1.807) is 13.2 Å². The molecule has 1 atom stereocenters. The van der Waals surface area contributed by atoms with Crippen molar-refractivity contribution in [3.8, 4) is 0 Å². The average Bonchev–Trinajstić information content (AvgIpc) is 2.17. The zero-order chi connectivity index (χ0) is 10.8. The van der Waals surface area contributed by atoms with Crippen LogP contribution in [0.3, 0.4) is 0 Å². The summed E-state index contributed by atoms with van der Waals surface area (Å²) in [6.45, 7) is 8.46. The highest BCUT2D eigenvalue weighted by Crippen LogP contribution is 1.94. The molecule has 0 unspecified atom stereocenters. The highest BCUT2D eigenvalue weighted by atomic mass is 16.5. The normalized spacial score (nSPS) is 13.7. The summed E-state index contributed by atoms with van der Waals surface area (Å²) in [4.78, 5) is 2.14. The number of aliphatic hydroxyl groups is 1. The standard InChI is InChI=1S/C11H21NO2/c1-4-6-7-8-12(5-2)9-11(13)10-14-3/h4,6-7,11,13H,1,5,8-10H2,2-3H3/b7-6+/t11-/m1/s1. The molecule has 0 aromatic carbocycles. The monoisotopic (exact) mass is 199 g/mol. The van der Waals surface area contributed by atoms with Crippen molar-refractivity contribution in [3.63, 3.8) is 0 Å². The molecule has 1 N–H and O–H groups in total. The first kappa shape index (κ1) is 13.4. The first-order chi connectivity index (χ1) is 6.74. The maximum absolute atomic E-state index is 9.50. The number of ether oxygens (including phenoxy) is 1. The molecule has 0 rings (SSSR count). The molecule has 3 nitrogen and oxygen atoms in total. The molecule has 0 radical (unpaired) electrons. The lowest BCUT2D eigenvalue weighted by Gasteiger charge is -2.21. The van der Waals surface area contributed by atoms with Crippen LogP contribution in [0.25, 0.3) is 0 Å². The van der Waals surface area contributed by atoms with Crippen molar-refractivity contribution in [1.29, 1.82) is 0 Å². The predicted molar refractivity (Wildman–Crippen MR) is 59.3 cm³/mol. The Morgan fingerprint density at radius 2 is 2.29 bits per heavy atom. The van der Waals surface area contributed by atoms with Crippen molar-refractivity contribution in [2.45, 2.75) is 13.0 Å². The number of allylic oxidation sites excluding steroid dienone is 2. The average molecular weight is 199 g/mol. The van der Waals surface area contributed by atoms with Gasteiger partial charge in [-0.3, -0.25) is 4.90 Å². The Morgan fingerprint density at radius 1 is 1.57 bits per heavy atom. The van der Waals surface area contributed by atoms with Crippen molar-refractivity contribution >= 4 is 0 Å². The molecule has 0 heterocycles. The van der Waals surface area contributed by atoms with E-state index in [-0.39, 0.29) is 0 Å². The lowest BCUT2D eigenvalue weighted by Crippen LogP contribution is -2.34. The van der Waals surface area contributed by atoms with Gasteiger partial charge in [-0.15, -0.1) is 0 Å². The van der Waals surface area contributed by atoms with Crippen LogP contribution < -0.4 is 0 Å². The summed E-state index contributed by atoms with van der Waals surface area (Å²) >= 11 is 0. The minimum absolute atomic E-state index is 0.391. The van der Waals surface area contributed by atoms with E-state index in [4.69, 9.17) is 4.74 Å². The summed E-state index contributed by atoms with van der Waals surface area (Å²) in [6.07, 6.45) is 5.28. The van der Waals surface area contributed by atoms with Gasteiger partial charge in [0.2, 0.25) is 0 Å². The summed E-state index contributed by atoms with van der Waals surface area (Å²) in [6, 6.07) is 0. The Labute approximate surface area is 86.7 Å². The van der Waals surface area contributed by atoms with Crippen LogP contribution in [0.5, 0.6) is 0 Å². The summed E-state index contributed by atoms with van der Waals surface area (Å²) in [5, 5.41) is 9.50. The maximum Gasteiger partial charge on any atom is 0.0900 e. The highest BCUT2D eigenvalue weighted by Gasteiger charge is 2.08. The van der Waals surface area contributed by atoms with Crippen LogP contribution in [-0.2, 0) is 4.74 Å². The third kappa shape index (κ3) is 6.83. The zero-order valence-electron chi connectivity index (χ0n) is 9.15. The number of rotatable bonds is 8. The Balaban J connectivity index is 3.77. The van der Waals surface area contributed by atoms with Gasteiger partial charge in [0.25, 0.3) is 0 Å². The quantitative estimate of drug-likeness (QED) is 0.593. The molecule has 0 saturated carbocycles. The van der Waals surface area contributed by atoms with E-state index < -0.39 is 6.10 Å². The van der Waals surface area contributed by atoms with E-state index in [9.17, 15) is 5.11 Å². The van der Waals surface area contributed by atoms with Gasteiger partial charge < -0.3 is 9.84 Å². The minimum atomic E-state index is -0.405. The molecule has 0 aliphatic carbocycles. The second-order valence-corrected chi connectivity index (χ2v) is 3.13. The first-order valence-corrected chi connectivity index (χ1v) is 4.91. The molecule has 14 heavy (non-hydrogen) atoms. The van der Waals surface area contributed by atoms with Crippen LogP contribution in [0.4, 0.5) is 0 Å². The molecule has 0 bridgehead atoms. The molecule has 0 amide bonds. The van der Waals surface area contributed by atoms with Crippen molar-refractivity contribution in [3.05, 3.63) is 24.8 Å². The van der Waals surface area contributed by atoms with Gasteiger partial charge >= 0.3 is 0 Å². The van der Waals surface area contributed by atoms with E-state index >= 15 is 0 Å². The Hall–Kier alpha value is -0.640. The first-order valence-electron chi connectivity index (χ1n) is 4.91. The lowest BCUT2D eigenvalue weighted by molar-refractivity contribution is 0.0413. The third-order valence-corrected chi connectivity index (χ3v) is 1.91. The van der Waals surface area contributed by atoms with Crippen LogP contribution in [0.2, 0.25) is 0 Å². The Kier molecular flexibility index (Phi) is 8.53. The molecule has 82 valence electrons. The molecule has 0 aliphatic heterocycles. The molecule has 0 aromatic rings. The Morgan fingerprint density at radius 3 is 2.79 bits per heavy atom. The molecule has 0 aliphatic rings. The van der Waals surface area contributed by atoms with Crippen molar-refractivity contribution in [1.82, 2.24) is 4.90 Å². The van der Waals surface area contributed by atoms with E-state index in [1.807, 2.05) is 12.2 Å². The van der Waals surface area contributed by atoms with Gasteiger partial charge in [0, 0.05) is 20.2 Å². The van der Waals surface area contributed by atoms with Gasteiger partial charge in [0.1, 0.15) is 0 Å². The molecular formula is C11H21NO2. The molecular weight excluding hydrogens is 178 g/mol. The summed E-state index contributed by atoms with van der Waals surface area (Å²) in [7, 11) is 1.59. The summed E-state index contributed by atoms with van der Waals surface area (Å²) in [5.74, 6) is 0. The summed E-state index contributed by atoms with van der Waals surface area (Å²) < 4.78 is 4.86. The number of nitrogens with zero attached hydrogens (tertiary/aromatic N) is 1. The molecule has 0 saturated heterocycles. The van der Waals surface area contributed by atoms with Gasteiger partial charge in [-0.05, 0) is 6.54 Å². The molecule has 3 heteroatoms. The van der Waals surface area contributed by atoms with Crippen LogP contribution >= 0.6 is 0 Å². The van der Waals surface area contributed by atoms with E-state index in [0.717, 1.165) is 13.1 Å². The predicted octanol–water partition coefficient (Wildman–Crippen LogP) is 1.06. The largest absolute Gasteiger partial charge is 0.389 e. The number of hydrogen-bond donors (Lipinski definition) is 1. The number of likely N-dealkylation sites (N-methyl/N-ethyl adjacent to an activating group) is 1. The number of hydrogen-bond acceptors (Lipinski definition) is 3. The fraction of sp³-hybridized carbons (Fsp3) is 0.636. The maximum atomic E-state index is 9.50. The van der Waals surface area contributed by atoms with E-state index in [0.29, 0.717) is 13.2 Å². The second kappa shape index (κ2) is 8.94. The fourth-order valence-corrected chi connectivity index (χ4v) is 1.18. The fourth-order valence-electron chi connectivity index (χ4n) is 1.18. The smallest absolute Gasteiger partial charge is 0.0900 e. The third-order valence-electron chi connectivity index (χ3n) is 1.91. The van der Waals surface area contributed by atoms with Crippen molar-refractivity contribution < 1.29 is 9.84 Å². The second-order valence-electron chi connectivity index (χ2n) is 3.13. The van der Waals surface area contributed by atoms with Gasteiger partial charge in [-0.2, -0.15) is 0 Å². The minimum Gasteiger partial charge on any atom is -0.389 e. The number of methoxy groups -OCH3 is 1. The van der Waals surface area contributed by atoms with Crippen LogP contribution in [-0.4, -0.2) is 49.5 Å². The van der Waals surface area contributed by atoms with Gasteiger partial charge in [-0.25, -0.2) is 0 Å². The van der Waals surface area contributed by atoms with Crippen molar-refractivity contribution in [2.24, 2.45) is 0 Å². The van der Waals surface area contributed by atoms with Crippen molar-refractivity contribution in [2.75, 3.05) is 33.4 Å². The number of aliphatic hydroxyl groups excluding tert-OH is 1. The van der Waals surface area contributed by atoms with E-state index in [1.165, 1.54) is 0 Å². The van der Waals surface area contributed by atoms with Gasteiger partial charge in [-0.1, -0.05) is 31.7 Å². The van der Waals surface area contributed by atoms with Crippen LogP contribution in [0.1, 0.15) is 6.92 Å². The highest BCUT2D eigenvalue weighted by molar-refractivity contribution is 4.98.